The third-order valence-corrected chi connectivity index (χ3v) is 7.31. The number of methoxy groups -OCH3 is 1. The van der Waals surface area contributed by atoms with Crippen LogP contribution in [0.5, 0.6) is 5.75 Å². The Morgan fingerprint density at radius 3 is 2.65 bits per heavy atom. The summed E-state index contributed by atoms with van der Waals surface area (Å²) in [6.07, 6.45) is 1.77. The highest BCUT2D eigenvalue weighted by Crippen LogP contribution is 2.44. The molecule has 0 amide bonds. The van der Waals surface area contributed by atoms with Crippen LogP contribution in [0, 0.1) is 6.92 Å². The van der Waals surface area contributed by atoms with Gasteiger partial charge >= 0.3 is 0 Å². The molecule has 2 atom stereocenters. The molecule has 0 unspecified atom stereocenters. The van der Waals surface area contributed by atoms with Crippen molar-refractivity contribution in [2.45, 2.75) is 19.0 Å². The second-order valence-electron chi connectivity index (χ2n) is 8.57. The Hall–Kier alpha value is -3.10. The Balaban J connectivity index is 1.55. The Bertz CT molecular complexity index is 1410. The SMILES string of the molecule is COCCOc1ccc(N2C(=S)N[C@@H](c3ccccn3)[C@H]2c2ccc(-c3cccc(Cl)c3C)o2)cc1Cl. The Morgan fingerprint density at radius 1 is 1.03 bits per heavy atom. The molecule has 2 aromatic carbocycles. The molecular weight excluding hydrogens is 529 g/mol. The number of hydrogen-bond acceptors (Lipinski definition) is 5. The number of aromatic nitrogens is 1. The van der Waals surface area contributed by atoms with E-state index in [1.807, 2.05) is 78.6 Å². The number of ether oxygens (including phenoxy) is 2. The van der Waals surface area contributed by atoms with Crippen LogP contribution in [0.4, 0.5) is 5.69 Å². The van der Waals surface area contributed by atoms with Gasteiger partial charge in [0.2, 0.25) is 0 Å². The third kappa shape index (κ3) is 5.18. The summed E-state index contributed by atoms with van der Waals surface area (Å²) < 4.78 is 17.3. The molecule has 0 radical (unpaired) electrons. The molecule has 1 aliphatic rings. The predicted molar refractivity (Wildman–Crippen MR) is 151 cm³/mol. The normalized spacial score (nSPS) is 17.2. The molecule has 0 bridgehead atoms. The maximum absolute atomic E-state index is 6.59. The second kappa shape index (κ2) is 11.1. The predicted octanol–water partition coefficient (Wildman–Crippen LogP) is 7.16. The van der Waals surface area contributed by atoms with E-state index in [9.17, 15) is 0 Å². The lowest BCUT2D eigenvalue weighted by molar-refractivity contribution is 0.146. The van der Waals surface area contributed by atoms with Crippen LogP contribution in [0.15, 0.2) is 77.3 Å². The quantitative estimate of drug-likeness (QED) is 0.183. The summed E-state index contributed by atoms with van der Waals surface area (Å²) in [5.41, 5.74) is 3.55. The van der Waals surface area contributed by atoms with Crippen LogP contribution in [0.2, 0.25) is 10.0 Å². The monoisotopic (exact) mass is 553 g/mol. The summed E-state index contributed by atoms with van der Waals surface area (Å²) in [4.78, 5) is 6.60. The van der Waals surface area contributed by atoms with Crippen LogP contribution in [-0.4, -0.2) is 30.4 Å². The van der Waals surface area contributed by atoms with Gasteiger partial charge in [0.25, 0.3) is 0 Å². The zero-order chi connectivity index (χ0) is 25.9. The lowest BCUT2D eigenvalue weighted by Crippen LogP contribution is -2.29. The molecule has 4 aromatic rings. The molecule has 0 aliphatic carbocycles. The Kier molecular flexibility index (Phi) is 7.67. The van der Waals surface area contributed by atoms with Gasteiger partial charge in [0.15, 0.2) is 5.11 Å². The number of furan rings is 1. The van der Waals surface area contributed by atoms with Crippen LogP contribution in [0.3, 0.4) is 0 Å². The van der Waals surface area contributed by atoms with Crippen molar-refractivity contribution >= 4 is 46.2 Å². The molecule has 2 aromatic heterocycles. The first-order chi connectivity index (χ1) is 18.0. The largest absolute Gasteiger partial charge is 0.490 e. The maximum atomic E-state index is 6.59. The molecule has 3 heterocycles. The number of benzene rings is 2. The summed E-state index contributed by atoms with van der Waals surface area (Å²) in [7, 11) is 1.63. The van der Waals surface area contributed by atoms with Crippen LogP contribution in [-0.2, 0) is 4.74 Å². The van der Waals surface area contributed by atoms with Gasteiger partial charge in [0, 0.05) is 29.6 Å². The second-order valence-corrected chi connectivity index (χ2v) is 9.77. The lowest BCUT2D eigenvalue weighted by atomic mass is 10.0. The molecule has 190 valence electrons. The number of nitrogens with one attached hydrogen (secondary N) is 1. The fraction of sp³-hybridized carbons (Fsp3) is 0.214. The molecule has 1 saturated heterocycles. The van der Waals surface area contributed by atoms with E-state index in [1.54, 1.807) is 13.3 Å². The topological polar surface area (TPSA) is 59.8 Å². The Labute approximate surface area is 231 Å². The summed E-state index contributed by atoms with van der Waals surface area (Å²) in [6, 6.07) is 20.6. The number of anilines is 1. The van der Waals surface area contributed by atoms with Gasteiger partial charge in [-0.05, 0) is 73.2 Å². The smallest absolute Gasteiger partial charge is 0.174 e. The maximum Gasteiger partial charge on any atom is 0.174 e. The molecule has 0 spiro atoms. The van der Waals surface area contributed by atoms with Crippen molar-refractivity contribution in [3.8, 4) is 17.1 Å². The number of nitrogens with zero attached hydrogens (tertiary/aromatic N) is 2. The van der Waals surface area contributed by atoms with Gasteiger partial charge < -0.3 is 24.1 Å². The van der Waals surface area contributed by atoms with Gasteiger partial charge in [-0.3, -0.25) is 4.98 Å². The Morgan fingerprint density at radius 2 is 1.89 bits per heavy atom. The average molecular weight is 554 g/mol. The highest BCUT2D eigenvalue weighted by molar-refractivity contribution is 7.80. The van der Waals surface area contributed by atoms with Crippen molar-refractivity contribution in [1.29, 1.82) is 0 Å². The minimum absolute atomic E-state index is 0.246. The summed E-state index contributed by atoms with van der Waals surface area (Å²) in [5.74, 6) is 2.04. The number of hydrogen-bond donors (Lipinski definition) is 1. The van der Waals surface area contributed by atoms with Crippen LogP contribution < -0.4 is 15.0 Å². The van der Waals surface area contributed by atoms with Gasteiger partial charge in [-0.25, -0.2) is 0 Å². The van der Waals surface area contributed by atoms with E-state index >= 15 is 0 Å². The van der Waals surface area contributed by atoms with Crippen LogP contribution in [0.25, 0.3) is 11.3 Å². The molecule has 1 aliphatic heterocycles. The van der Waals surface area contributed by atoms with E-state index in [0.717, 1.165) is 34.0 Å². The van der Waals surface area contributed by atoms with Gasteiger partial charge in [0.05, 0.1) is 23.4 Å². The van der Waals surface area contributed by atoms with Gasteiger partial charge in [-0.15, -0.1) is 0 Å². The number of thiocarbonyl (C=S) groups is 1. The van der Waals surface area contributed by atoms with E-state index in [0.29, 0.717) is 34.1 Å². The zero-order valence-electron chi connectivity index (χ0n) is 20.3. The first-order valence-electron chi connectivity index (χ1n) is 11.7. The van der Waals surface area contributed by atoms with E-state index in [1.165, 1.54) is 0 Å². The summed E-state index contributed by atoms with van der Waals surface area (Å²) in [5, 5.41) is 5.15. The standard InChI is InChI=1S/C28H25Cl2N3O3S/c1-17-19(6-5-7-20(17)29)23-11-12-25(36-23)27-26(22-8-3-4-13-31-22)32-28(37)33(27)18-9-10-24(21(30)16-18)35-15-14-34-2/h3-13,16,26-27H,14-15H2,1-2H3,(H,32,37)/t26-,27+/m0/s1. The highest BCUT2D eigenvalue weighted by atomic mass is 35.5. The minimum atomic E-state index is -0.313. The average Bonchev–Trinajstić information content (AvgIpc) is 3.52. The van der Waals surface area contributed by atoms with Crippen molar-refractivity contribution in [2.75, 3.05) is 25.2 Å². The van der Waals surface area contributed by atoms with Crippen molar-refractivity contribution < 1.29 is 13.9 Å². The fourth-order valence-corrected chi connectivity index (χ4v) is 5.19. The van der Waals surface area contributed by atoms with E-state index in [4.69, 9.17) is 49.3 Å². The zero-order valence-corrected chi connectivity index (χ0v) is 22.6. The fourth-order valence-electron chi connectivity index (χ4n) is 4.44. The number of rotatable bonds is 8. The van der Waals surface area contributed by atoms with Gasteiger partial charge in [-0.1, -0.05) is 41.4 Å². The molecule has 6 nitrogen and oxygen atoms in total. The molecule has 5 rings (SSSR count). The highest BCUT2D eigenvalue weighted by Gasteiger charge is 2.42. The van der Waals surface area contributed by atoms with Crippen molar-refractivity contribution in [2.24, 2.45) is 0 Å². The number of halogens is 2. The molecule has 9 heteroatoms. The van der Waals surface area contributed by atoms with Crippen molar-refractivity contribution in [3.05, 3.63) is 100.0 Å². The summed E-state index contributed by atoms with van der Waals surface area (Å²) in [6.45, 7) is 2.86. The summed E-state index contributed by atoms with van der Waals surface area (Å²) >= 11 is 18.8. The van der Waals surface area contributed by atoms with Crippen molar-refractivity contribution in [1.82, 2.24) is 10.3 Å². The molecular formula is C28H25Cl2N3O3S. The lowest BCUT2D eigenvalue weighted by Gasteiger charge is -2.26. The van der Waals surface area contributed by atoms with Gasteiger partial charge in [-0.2, -0.15) is 0 Å². The first-order valence-corrected chi connectivity index (χ1v) is 12.9. The van der Waals surface area contributed by atoms with Crippen molar-refractivity contribution in [3.63, 3.8) is 0 Å². The van der Waals surface area contributed by atoms with Crippen LogP contribution in [0.1, 0.15) is 29.1 Å². The molecule has 1 N–H and O–H groups in total. The number of pyridine rings is 1. The molecule has 1 fully saturated rings. The molecule has 0 saturated carbocycles. The van der Waals surface area contributed by atoms with Crippen LogP contribution >= 0.6 is 35.4 Å². The van der Waals surface area contributed by atoms with E-state index in [2.05, 4.69) is 10.3 Å². The third-order valence-electron chi connectivity index (χ3n) is 6.29. The van der Waals surface area contributed by atoms with E-state index < -0.39 is 0 Å². The molecule has 37 heavy (non-hydrogen) atoms. The first kappa shape index (κ1) is 25.5. The van der Waals surface area contributed by atoms with E-state index in [-0.39, 0.29) is 12.1 Å². The van der Waals surface area contributed by atoms with Gasteiger partial charge in [0.1, 0.15) is 29.9 Å². The minimum Gasteiger partial charge on any atom is -0.490 e.